The maximum absolute atomic E-state index is 13.0. The minimum absolute atomic E-state index is 0.184. The van der Waals surface area contributed by atoms with Crippen LogP contribution < -0.4 is 0 Å². The van der Waals surface area contributed by atoms with Crippen LogP contribution in [-0.4, -0.2) is 48.6 Å². The first kappa shape index (κ1) is 20.4. The molecule has 4 heterocycles. The van der Waals surface area contributed by atoms with Crippen molar-refractivity contribution in [2.24, 2.45) is 0 Å². The van der Waals surface area contributed by atoms with Gasteiger partial charge in [-0.25, -0.2) is 9.67 Å². The minimum atomic E-state index is 0.184. The number of aromatic amines is 1. The summed E-state index contributed by atoms with van der Waals surface area (Å²) in [5.41, 5.74) is 4.75. The number of nitrogens with one attached hydrogen (secondary N) is 1. The Balaban J connectivity index is 1.39. The fourth-order valence-electron chi connectivity index (χ4n) is 4.87. The van der Waals surface area contributed by atoms with Gasteiger partial charge in [-0.2, -0.15) is 5.10 Å². The number of likely N-dealkylation sites (tertiary alicyclic amines) is 1. The molecule has 32 heavy (non-hydrogen) atoms. The lowest BCUT2D eigenvalue weighted by Gasteiger charge is -2.33. The van der Waals surface area contributed by atoms with Gasteiger partial charge >= 0.3 is 0 Å². The molecule has 3 aromatic heterocycles. The van der Waals surface area contributed by atoms with Crippen molar-refractivity contribution in [2.45, 2.75) is 45.6 Å². The molecule has 1 amide bonds. The van der Waals surface area contributed by atoms with Crippen molar-refractivity contribution in [3.63, 3.8) is 0 Å². The molecule has 7 heteroatoms. The Bertz CT molecular complexity index is 1240. The number of H-pyrrole nitrogens is 1. The monoisotopic (exact) mass is 428 g/mol. The fraction of sp³-hybridized carbons (Fsp3) is 0.360. The van der Waals surface area contributed by atoms with E-state index < -0.39 is 0 Å². The van der Waals surface area contributed by atoms with E-state index in [4.69, 9.17) is 0 Å². The minimum Gasteiger partial charge on any atom is -0.358 e. The molecule has 0 spiro atoms. The number of rotatable bonds is 5. The van der Waals surface area contributed by atoms with Gasteiger partial charge in [0, 0.05) is 60.0 Å². The fourth-order valence-corrected chi connectivity index (χ4v) is 4.87. The van der Waals surface area contributed by atoms with Crippen LogP contribution in [0.15, 0.2) is 48.8 Å². The van der Waals surface area contributed by atoms with Gasteiger partial charge in [0.1, 0.15) is 11.6 Å². The molecular formula is C25H28N6O. The van der Waals surface area contributed by atoms with Crippen LogP contribution in [0.2, 0.25) is 0 Å². The third kappa shape index (κ3) is 3.90. The van der Waals surface area contributed by atoms with Gasteiger partial charge in [-0.3, -0.25) is 9.78 Å². The molecule has 1 N–H and O–H groups in total. The first-order chi connectivity index (χ1) is 15.6. The van der Waals surface area contributed by atoms with E-state index in [1.165, 1.54) is 16.6 Å². The first-order valence-electron chi connectivity index (χ1n) is 11.3. The number of piperidine rings is 1. The topological polar surface area (TPSA) is 79.7 Å². The van der Waals surface area contributed by atoms with Crippen molar-refractivity contribution in [1.29, 1.82) is 0 Å². The van der Waals surface area contributed by atoms with Crippen LogP contribution in [0, 0.1) is 13.8 Å². The number of nitrogens with zero attached hydrogens (tertiary/aromatic N) is 5. The van der Waals surface area contributed by atoms with E-state index in [2.05, 4.69) is 56.4 Å². The SMILES string of the molecule is Cc1nc(C)n(CCC(=O)N2CCC[C@H](c3[nH]c4ccccc4c3-c3ccncc3)C2)n1. The van der Waals surface area contributed by atoms with E-state index in [-0.39, 0.29) is 11.8 Å². The molecule has 0 bridgehead atoms. The Kier molecular flexibility index (Phi) is 5.47. The summed E-state index contributed by atoms with van der Waals surface area (Å²) in [6.07, 6.45) is 6.19. The Morgan fingerprint density at radius 3 is 2.75 bits per heavy atom. The Morgan fingerprint density at radius 2 is 1.97 bits per heavy atom. The second kappa shape index (κ2) is 8.57. The van der Waals surface area contributed by atoms with Gasteiger partial charge < -0.3 is 9.88 Å². The van der Waals surface area contributed by atoms with Crippen molar-refractivity contribution in [3.05, 3.63) is 66.1 Å². The van der Waals surface area contributed by atoms with Gasteiger partial charge in [0.2, 0.25) is 5.91 Å². The molecule has 1 fully saturated rings. The van der Waals surface area contributed by atoms with Gasteiger partial charge in [0.15, 0.2) is 0 Å². The van der Waals surface area contributed by atoms with Crippen molar-refractivity contribution in [1.82, 2.24) is 29.6 Å². The van der Waals surface area contributed by atoms with Gasteiger partial charge in [-0.05, 0) is 50.5 Å². The first-order valence-corrected chi connectivity index (χ1v) is 11.3. The zero-order chi connectivity index (χ0) is 22.1. The van der Waals surface area contributed by atoms with Crippen LogP contribution in [0.5, 0.6) is 0 Å². The molecule has 7 nitrogen and oxygen atoms in total. The van der Waals surface area contributed by atoms with Crippen molar-refractivity contribution < 1.29 is 4.79 Å². The van der Waals surface area contributed by atoms with Crippen LogP contribution in [0.25, 0.3) is 22.0 Å². The highest BCUT2D eigenvalue weighted by Gasteiger charge is 2.28. The highest BCUT2D eigenvalue weighted by Crippen LogP contribution is 2.39. The predicted octanol–water partition coefficient (Wildman–Crippen LogP) is 4.23. The van der Waals surface area contributed by atoms with E-state index >= 15 is 0 Å². The van der Waals surface area contributed by atoms with Crippen LogP contribution in [0.4, 0.5) is 0 Å². The third-order valence-corrected chi connectivity index (χ3v) is 6.39. The molecule has 0 aliphatic carbocycles. The number of hydrogen-bond donors (Lipinski definition) is 1. The molecule has 1 aromatic carbocycles. The number of aromatic nitrogens is 5. The molecular weight excluding hydrogens is 400 g/mol. The summed E-state index contributed by atoms with van der Waals surface area (Å²) in [7, 11) is 0. The standard InChI is InChI=1S/C25H28N6O/c1-17-27-18(2)31(29-17)15-11-23(32)30-14-5-6-20(16-30)25-24(19-9-12-26-13-10-19)21-7-3-4-8-22(21)28-25/h3-4,7-10,12-13,20,28H,5-6,11,14-16H2,1-2H3/t20-/m0/s1. The second-order valence-electron chi connectivity index (χ2n) is 8.55. The van der Waals surface area contributed by atoms with Crippen LogP contribution in [-0.2, 0) is 11.3 Å². The number of aryl methyl sites for hydroxylation is 3. The average molecular weight is 429 g/mol. The number of hydrogen-bond acceptors (Lipinski definition) is 4. The van der Waals surface area contributed by atoms with Crippen molar-refractivity contribution in [3.8, 4) is 11.1 Å². The normalized spacial score (nSPS) is 16.6. The molecule has 4 aromatic rings. The van der Waals surface area contributed by atoms with Gasteiger partial charge in [0.25, 0.3) is 0 Å². The molecule has 0 saturated carbocycles. The number of fused-ring (bicyclic) bond motifs is 1. The van der Waals surface area contributed by atoms with E-state index in [0.717, 1.165) is 48.7 Å². The van der Waals surface area contributed by atoms with Gasteiger partial charge in [0.05, 0.1) is 6.54 Å². The number of benzene rings is 1. The van der Waals surface area contributed by atoms with Crippen molar-refractivity contribution in [2.75, 3.05) is 13.1 Å². The largest absolute Gasteiger partial charge is 0.358 e. The maximum atomic E-state index is 13.0. The molecule has 1 saturated heterocycles. The number of pyridine rings is 1. The van der Waals surface area contributed by atoms with Gasteiger partial charge in [-0.15, -0.1) is 0 Å². The number of carbonyl (C=O) groups excluding carboxylic acids is 1. The van der Waals surface area contributed by atoms with Gasteiger partial charge in [-0.1, -0.05) is 18.2 Å². The second-order valence-corrected chi connectivity index (χ2v) is 8.55. The van der Waals surface area contributed by atoms with Crippen LogP contribution >= 0.6 is 0 Å². The molecule has 5 rings (SSSR count). The summed E-state index contributed by atoms with van der Waals surface area (Å²) in [6, 6.07) is 12.6. The summed E-state index contributed by atoms with van der Waals surface area (Å²) in [5, 5.41) is 5.60. The summed E-state index contributed by atoms with van der Waals surface area (Å²) in [4.78, 5) is 27.3. The highest BCUT2D eigenvalue weighted by atomic mass is 16.2. The summed E-state index contributed by atoms with van der Waals surface area (Å²) in [5.74, 6) is 2.06. The molecule has 1 aliphatic rings. The molecule has 164 valence electrons. The zero-order valence-electron chi connectivity index (χ0n) is 18.6. The summed E-state index contributed by atoms with van der Waals surface area (Å²) in [6.45, 7) is 5.93. The number of amides is 1. The van der Waals surface area contributed by atoms with Crippen LogP contribution in [0.3, 0.4) is 0 Å². The smallest absolute Gasteiger partial charge is 0.224 e. The maximum Gasteiger partial charge on any atom is 0.224 e. The Hall–Kier alpha value is -3.48. The Morgan fingerprint density at radius 1 is 1.16 bits per heavy atom. The van der Waals surface area contributed by atoms with E-state index in [0.29, 0.717) is 13.0 Å². The van der Waals surface area contributed by atoms with E-state index in [9.17, 15) is 4.79 Å². The predicted molar refractivity (Wildman–Crippen MR) is 124 cm³/mol. The van der Waals surface area contributed by atoms with E-state index in [1.807, 2.05) is 35.8 Å². The molecule has 1 aliphatic heterocycles. The number of para-hydroxylation sites is 1. The molecule has 1 atom stereocenters. The highest BCUT2D eigenvalue weighted by molar-refractivity contribution is 5.97. The number of carbonyl (C=O) groups is 1. The van der Waals surface area contributed by atoms with Crippen LogP contribution in [0.1, 0.15) is 42.5 Å². The Labute approximate surface area is 187 Å². The lowest BCUT2D eigenvalue weighted by atomic mass is 9.89. The van der Waals surface area contributed by atoms with E-state index in [1.54, 1.807) is 0 Å². The lowest BCUT2D eigenvalue weighted by molar-refractivity contribution is -0.132. The third-order valence-electron chi connectivity index (χ3n) is 6.39. The molecule has 0 unspecified atom stereocenters. The average Bonchev–Trinajstić information content (AvgIpc) is 3.37. The quantitative estimate of drug-likeness (QED) is 0.516. The summed E-state index contributed by atoms with van der Waals surface area (Å²) >= 11 is 0. The zero-order valence-corrected chi connectivity index (χ0v) is 18.6. The van der Waals surface area contributed by atoms with Crippen molar-refractivity contribution >= 4 is 16.8 Å². The molecule has 0 radical (unpaired) electrons. The summed E-state index contributed by atoms with van der Waals surface area (Å²) < 4.78 is 1.83. The lowest BCUT2D eigenvalue weighted by Crippen LogP contribution is -2.39.